The Balaban J connectivity index is 1.34. The maximum absolute atomic E-state index is 12.6. The Labute approximate surface area is 208 Å². The summed E-state index contributed by atoms with van der Waals surface area (Å²) in [5.41, 5.74) is 9.72. The zero-order valence-corrected chi connectivity index (χ0v) is 20.4. The quantitative estimate of drug-likeness (QED) is 0.577. The topological polar surface area (TPSA) is 79.3 Å². The van der Waals surface area contributed by atoms with Gasteiger partial charge in [-0.15, -0.1) is 0 Å². The van der Waals surface area contributed by atoms with Gasteiger partial charge in [-0.05, 0) is 23.8 Å². The van der Waals surface area contributed by atoms with Crippen LogP contribution in [0.1, 0.15) is 5.56 Å². The second-order valence-corrected chi connectivity index (χ2v) is 9.49. The van der Waals surface area contributed by atoms with Gasteiger partial charge in [-0.2, -0.15) is 0 Å². The number of amides is 1. The number of anilines is 1. The second kappa shape index (κ2) is 10.1. The van der Waals surface area contributed by atoms with Gasteiger partial charge in [0, 0.05) is 73.2 Å². The lowest BCUT2D eigenvalue weighted by atomic mass is 10.0. The first kappa shape index (κ1) is 23.4. The van der Waals surface area contributed by atoms with Crippen molar-refractivity contribution in [1.82, 2.24) is 19.2 Å². The number of ether oxygens (including phenoxy) is 1. The average molecular weight is 503 g/mol. The fraction of sp³-hybridized carbons (Fsp3) is 0.417. The Kier molecular flexibility index (Phi) is 6.94. The van der Waals surface area contributed by atoms with Crippen LogP contribution >= 0.6 is 23.2 Å². The van der Waals surface area contributed by atoms with Crippen molar-refractivity contribution in [3.63, 3.8) is 0 Å². The van der Waals surface area contributed by atoms with Gasteiger partial charge in [-0.25, -0.2) is 4.98 Å². The van der Waals surface area contributed by atoms with E-state index in [4.69, 9.17) is 33.7 Å². The minimum absolute atomic E-state index is 0.186. The molecule has 0 atom stereocenters. The summed E-state index contributed by atoms with van der Waals surface area (Å²) in [5, 5.41) is 1.18. The van der Waals surface area contributed by atoms with Crippen molar-refractivity contribution < 1.29 is 9.53 Å². The lowest BCUT2D eigenvalue weighted by molar-refractivity contribution is -0.136. The molecule has 0 bridgehead atoms. The maximum atomic E-state index is 12.6. The number of morpholine rings is 1. The van der Waals surface area contributed by atoms with Crippen LogP contribution in [0.3, 0.4) is 0 Å². The standard InChI is InChI=1S/C24H28Cl2N6O2/c25-18-1-2-19(21(26)12-18)20-15-32-22(11-17(20)13-27)28-14-23(32)30-5-3-29(4-6-30)16-24(33)31-7-9-34-10-8-31/h1-2,11-12,14-15H,3-10,13,16,27H2. The van der Waals surface area contributed by atoms with Crippen LogP contribution < -0.4 is 10.6 Å². The molecule has 10 heteroatoms. The summed E-state index contributed by atoms with van der Waals surface area (Å²) in [6.07, 6.45) is 3.96. The first-order valence-electron chi connectivity index (χ1n) is 11.5. The van der Waals surface area contributed by atoms with Crippen molar-refractivity contribution >= 4 is 40.6 Å². The number of hydrogen-bond acceptors (Lipinski definition) is 6. The highest BCUT2D eigenvalue weighted by Crippen LogP contribution is 2.34. The zero-order chi connectivity index (χ0) is 23.7. The van der Waals surface area contributed by atoms with E-state index in [1.807, 2.05) is 29.3 Å². The normalized spacial score (nSPS) is 17.5. The molecule has 0 radical (unpaired) electrons. The number of benzene rings is 1. The Bertz CT molecular complexity index is 1190. The van der Waals surface area contributed by atoms with Crippen LogP contribution in [-0.2, 0) is 16.1 Å². The molecular formula is C24H28Cl2N6O2. The van der Waals surface area contributed by atoms with Crippen molar-refractivity contribution in [2.75, 3.05) is 63.9 Å². The number of halogens is 2. The van der Waals surface area contributed by atoms with Crippen molar-refractivity contribution in [3.8, 4) is 11.1 Å². The van der Waals surface area contributed by atoms with Gasteiger partial charge in [-0.1, -0.05) is 29.3 Å². The monoisotopic (exact) mass is 502 g/mol. The molecular weight excluding hydrogens is 475 g/mol. The Morgan fingerprint density at radius 1 is 1.03 bits per heavy atom. The SMILES string of the molecule is NCc1cc2ncc(N3CCN(CC(=O)N4CCOCC4)CC3)n2cc1-c1ccc(Cl)cc1Cl. The minimum atomic E-state index is 0.186. The smallest absolute Gasteiger partial charge is 0.236 e. The molecule has 0 unspecified atom stereocenters. The van der Waals surface area contributed by atoms with E-state index >= 15 is 0 Å². The molecule has 1 amide bonds. The predicted octanol–water partition coefficient (Wildman–Crippen LogP) is 2.75. The van der Waals surface area contributed by atoms with Gasteiger partial charge in [0.25, 0.3) is 0 Å². The lowest BCUT2D eigenvalue weighted by Gasteiger charge is -2.36. The Morgan fingerprint density at radius 3 is 2.50 bits per heavy atom. The van der Waals surface area contributed by atoms with E-state index in [-0.39, 0.29) is 5.91 Å². The molecule has 180 valence electrons. The summed E-state index contributed by atoms with van der Waals surface area (Å²) in [6.45, 7) is 6.74. The first-order chi connectivity index (χ1) is 16.5. The number of imidazole rings is 1. The summed E-state index contributed by atoms with van der Waals surface area (Å²) < 4.78 is 7.44. The molecule has 0 spiro atoms. The average Bonchev–Trinajstić information content (AvgIpc) is 3.27. The van der Waals surface area contributed by atoms with E-state index in [2.05, 4.69) is 25.4 Å². The largest absolute Gasteiger partial charge is 0.378 e. The summed E-state index contributed by atoms with van der Waals surface area (Å²) in [5.74, 6) is 1.20. The number of fused-ring (bicyclic) bond motifs is 1. The second-order valence-electron chi connectivity index (χ2n) is 8.64. The number of hydrogen-bond donors (Lipinski definition) is 1. The molecule has 4 heterocycles. The maximum Gasteiger partial charge on any atom is 0.236 e. The van der Waals surface area contributed by atoms with Gasteiger partial charge < -0.3 is 20.3 Å². The third kappa shape index (κ3) is 4.74. The van der Waals surface area contributed by atoms with E-state index in [0.29, 0.717) is 49.4 Å². The number of carbonyl (C=O) groups is 1. The molecule has 34 heavy (non-hydrogen) atoms. The number of nitrogens with zero attached hydrogens (tertiary/aromatic N) is 5. The highest BCUT2D eigenvalue weighted by atomic mass is 35.5. The fourth-order valence-corrected chi connectivity index (χ4v) is 5.15. The van der Waals surface area contributed by atoms with Crippen LogP contribution in [0.4, 0.5) is 5.82 Å². The van der Waals surface area contributed by atoms with Crippen molar-refractivity contribution in [1.29, 1.82) is 0 Å². The van der Waals surface area contributed by atoms with Crippen LogP contribution in [0.2, 0.25) is 10.0 Å². The fourth-order valence-electron chi connectivity index (χ4n) is 4.64. The molecule has 2 fully saturated rings. The Hall–Kier alpha value is -2.36. The molecule has 2 N–H and O–H groups in total. The van der Waals surface area contributed by atoms with E-state index in [9.17, 15) is 4.79 Å². The molecule has 2 saturated heterocycles. The van der Waals surface area contributed by atoms with Crippen molar-refractivity contribution in [3.05, 3.63) is 52.3 Å². The van der Waals surface area contributed by atoms with Crippen LogP contribution in [0.15, 0.2) is 36.7 Å². The molecule has 5 rings (SSSR count). The van der Waals surface area contributed by atoms with E-state index in [0.717, 1.165) is 54.3 Å². The molecule has 3 aromatic rings. The van der Waals surface area contributed by atoms with Crippen LogP contribution in [0.25, 0.3) is 16.8 Å². The summed E-state index contributed by atoms with van der Waals surface area (Å²) in [6, 6.07) is 7.52. The number of rotatable bonds is 5. The van der Waals surface area contributed by atoms with Gasteiger partial charge in [-0.3, -0.25) is 14.1 Å². The molecule has 8 nitrogen and oxygen atoms in total. The van der Waals surface area contributed by atoms with Gasteiger partial charge in [0.2, 0.25) is 5.91 Å². The van der Waals surface area contributed by atoms with E-state index in [1.54, 1.807) is 6.07 Å². The van der Waals surface area contributed by atoms with E-state index < -0.39 is 0 Å². The van der Waals surface area contributed by atoms with E-state index in [1.165, 1.54) is 0 Å². The van der Waals surface area contributed by atoms with Crippen LogP contribution in [0, 0.1) is 0 Å². The molecule has 0 aliphatic carbocycles. The third-order valence-electron chi connectivity index (χ3n) is 6.57. The van der Waals surface area contributed by atoms with Gasteiger partial charge in [0.15, 0.2) is 0 Å². The predicted molar refractivity (Wildman–Crippen MR) is 135 cm³/mol. The number of nitrogens with two attached hydrogens (primary N) is 1. The summed E-state index contributed by atoms with van der Waals surface area (Å²) >= 11 is 12.6. The number of piperazine rings is 1. The zero-order valence-electron chi connectivity index (χ0n) is 18.9. The third-order valence-corrected chi connectivity index (χ3v) is 7.12. The van der Waals surface area contributed by atoms with Gasteiger partial charge >= 0.3 is 0 Å². The van der Waals surface area contributed by atoms with Gasteiger partial charge in [0.1, 0.15) is 11.5 Å². The van der Waals surface area contributed by atoms with Crippen LogP contribution in [-0.4, -0.2) is 84.1 Å². The number of carbonyl (C=O) groups excluding carboxylic acids is 1. The van der Waals surface area contributed by atoms with Crippen molar-refractivity contribution in [2.45, 2.75) is 6.54 Å². The highest BCUT2D eigenvalue weighted by Gasteiger charge is 2.24. The molecule has 2 aliphatic rings. The van der Waals surface area contributed by atoms with Crippen LogP contribution in [0.5, 0.6) is 0 Å². The van der Waals surface area contributed by atoms with Crippen molar-refractivity contribution in [2.24, 2.45) is 5.73 Å². The highest BCUT2D eigenvalue weighted by molar-refractivity contribution is 6.36. The molecule has 2 aliphatic heterocycles. The number of aromatic nitrogens is 2. The van der Waals surface area contributed by atoms with Gasteiger partial charge in [0.05, 0.1) is 26.0 Å². The first-order valence-corrected chi connectivity index (χ1v) is 12.3. The molecule has 2 aromatic heterocycles. The minimum Gasteiger partial charge on any atom is -0.378 e. The summed E-state index contributed by atoms with van der Waals surface area (Å²) in [4.78, 5) is 23.7. The summed E-state index contributed by atoms with van der Waals surface area (Å²) in [7, 11) is 0. The molecule has 1 aromatic carbocycles. The molecule has 0 saturated carbocycles. The lowest BCUT2D eigenvalue weighted by Crippen LogP contribution is -2.51. The Morgan fingerprint density at radius 2 is 1.79 bits per heavy atom. The number of pyridine rings is 1.